The molecule has 0 fully saturated rings. The van der Waals surface area contributed by atoms with Crippen LogP contribution in [0.3, 0.4) is 0 Å². The molecule has 1 aromatic rings. The lowest BCUT2D eigenvalue weighted by molar-refractivity contribution is 0.356. The molecule has 0 aromatic heterocycles. The molecule has 88 valence electrons. The molecule has 2 N–H and O–H groups in total. The van der Waals surface area contributed by atoms with Gasteiger partial charge >= 0.3 is 0 Å². The fourth-order valence-electron chi connectivity index (χ4n) is 2.36. The van der Waals surface area contributed by atoms with Crippen LogP contribution in [0, 0.1) is 6.92 Å². The standard InChI is InChI=1S/C13H19NO2/c1-8-6-12-10(4-5-16-12)11(7-9(2)14)13(8)15-3/h6,9H,4-5,7,14H2,1-3H3. The van der Waals surface area contributed by atoms with E-state index in [0.29, 0.717) is 0 Å². The third kappa shape index (κ3) is 1.87. The van der Waals surface area contributed by atoms with Gasteiger partial charge in [-0.2, -0.15) is 0 Å². The second-order valence-corrected chi connectivity index (χ2v) is 4.46. The van der Waals surface area contributed by atoms with E-state index in [4.69, 9.17) is 15.2 Å². The molecule has 3 heteroatoms. The van der Waals surface area contributed by atoms with Gasteiger partial charge in [0.15, 0.2) is 0 Å². The van der Waals surface area contributed by atoms with Gasteiger partial charge in [0.05, 0.1) is 13.7 Å². The van der Waals surface area contributed by atoms with Crippen LogP contribution in [0.2, 0.25) is 0 Å². The van der Waals surface area contributed by atoms with Gasteiger partial charge in [0.25, 0.3) is 0 Å². The third-order valence-electron chi connectivity index (χ3n) is 2.98. The average Bonchev–Trinajstić information content (AvgIpc) is 2.64. The normalized spacial score (nSPS) is 15.5. The lowest BCUT2D eigenvalue weighted by Crippen LogP contribution is -2.19. The maximum Gasteiger partial charge on any atom is 0.125 e. The lowest BCUT2D eigenvalue weighted by atomic mass is 9.95. The van der Waals surface area contributed by atoms with E-state index in [1.807, 2.05) is 13.8 Å². The van der Waals surface area contributed by atoms with E-state index in [2.05, 4.69) is 6.07 Å². The summed E-state index contributed by atoms with van der Waals surface area (Å²) in [6, 6.07) is 2.20. The largest absolute Gasteiger partial charge is 0.496 e. The van der Waals surface area contributed by atoms with Crippen LogP contribution in [0.1, 0.15) is 23.6 Å². The Kier molecular flexibility index (Phi) is 3.06. The molecule has 1 atom stereocenters. The highest BCUT2D eigenvalue weighted by Crippen LogP contribution is 2.37. The van der Waals surface area contributed by atoms with Gasteiger partial charge in [-0.25, -0.2) is 0 Å². The first-order chi connectivity index (χ1) is 7.63. The Balaban J connectivity index is 2.52. The van der Waals surface area contributed by atoms with Crippen molar-refractivity contribution in [3.8, 4) is 11.5 Å². The molecule has 3 nitrogen and oxygen atoms in total. The summed E-state index contributed by atoms with van der Waals surface area (Å²) in [5.74, 6) is 1.98. The number of methoxy groups -OCH3 is 1. The van der Waals surface area contributed by atoms with E-state index in [1.54, 1.807) is 7.11 Å². The number of hydrogen-bond donors (Lipinski definition) is 1. The first-order valence-corrected chi connectivity index (χ1v) is 5.71. The van der Waals surface area contributed by atoms with Gasteiger partial charge < -0.3 is 15.2 Å². The topological polar surface area (TPSA) is 44.5 Å². The van der Waals surface area contributed by atoms with Crippen molar-refractivity contribution in [2.24, 2.45) is 5.73 Å². The highest BCUT2D eigenvalue weighted by atomic mass is 16.5. The highest BCUT2D eigenvalue weighted by molar-refractivity contribution is 5.55. The Morgan fingerprint density at radius 2 is 2.31 bits per heavy atom. The molecule has 1 aromatic carbocycles. The summed E-state index contributed by atoms with van der Waals surface area (Å²) in [7, 11) is 1.72. The summed E-state index contributed by atoms with van der Waals surface area (Å²) >= 11 is 0. The first kappa shape index (κ1) is 11.3. The monoisotopic (exact) mass is 221 g/mol. The summed E-state index contributed by atoms with van der Waals surface area (Å²) in [6.07, 6.45) is 1.81. The number of nitrogens with two attached hydrogens (primary N) is 1. The molecule has 1 aliphatic heterocycles. The van der Waals surface area contributed by atoms with Gasteiger partial charge in [-0.1, -0.05) is 0 Å². The molecule has 0 saturated heterocycles. The van der Waals surface area contributed by atoms with Crippen LogP contribution in [0.5, 0.6) is 11.5 Å². The third-order valence-corrected chi connectivity index (χ3v) is 2.98. The summed E-state index contributed by atoms with van der Waals surface area (Å²) in [5, 5.41) is 0. The Morgan fingerprint density at radius 1 is 1.56 bits per heavy atom. The Hall–Kier alpha value is -1.22. The zero-order valence-corrected chi connectivity index (χ0v) is 10.2. The van der Waals surface area contributed by atoms with Crippen LogP contribution in [-0.4, -0.2) is 19.8 Å². The van der Waals surface area contributed by atoms with E-state index in [-0.39, 0.29) is 6.04 Å². The Bertz CT molecular complexity index is 396. The second-order valence-electron chi connectivity index (χ2n) is 4.46. The molecule has 0 radical (unpaired) electrons. The average molecular weight is 221 g/mol. The van der Waals surface area contributed by atoms with Crippen molar-refractivity contribution < 1.29 is 9.47 Å². The number of rotatable bonds is 3. The van der Waals surface area contributed by atoms with Crippen molar-refractivity contribution in [3.63, 3.8) is 0 Å². The molecule has 1 heterocycles. The fraction of sp³-hybridized carbons (Fsp3) is 0.538. The maximum absolute atomic E-state index is 5.90. The minimum atomic E-state index is 0.139. The van der Waals surface area contributed by atoms with Crippen LogP contribution in [-0.2, 0) is 12.8 Å². The summed E-state index contributed by atoms with van der Waals surface area (Å²) < 4.78 is 11.1. The zero-order valence-electron chi connectivity index (χ0n) is 10.2. The molecule has 1 aliphatic rings. The predicted octanol–water partition coefficient (Wildman–Crippen LogP) is 1.83. The smallest absolute Gasteiger partial charge is 0.125 e. The van der Waals surface area contributed by atoms with Gasteiger partial charge in [0.2, 0.25) is 0 Å². The van der Waals surface area contributed by atoms with Crippen molar-refractivity contribution in [1.82, 2.24) is 0 Å². The summed E-state index contributed by atoms with van der Waals surface area (Å²) in [4.78, 5) is 0. The van der Waals surface area contributed by atoms with Gasteiger partial charge in [-0.3, -0.25) is 0 Å². The molecule has 0 saturated carbocycles. The SMILES string of the molecule is COc1c(C)cc2c(c1CC(C)N)CCO2. The van der Waals surface area contributed by atoms with Crippen LogP contribution < -0.4 is 15.2 Å². The minimum Gasteiger partial charge on any atom is -0.496 e. The summed E-state index contributed by atoms with van der Waals surface area (Å²) in [5.41, 5.74) is 9.52. The van der Waals surface area contributed by atoms with Gasteiger partial charge in [-0.15, -0.1) is 0 Å². The number of ether oxygens (including phenoxy) is 2. The van der Waals surface area contributed by atoms with Crippen molar-refractivity contribution in [1.29, 1.82) is 0 Å². The van der Waals surface area contributed by atoms with Gasteiger partial charge in [-0.05, 0) is 31.9 Å². The molecular formula is C13H19NO2. The molecule has 1 unspecified atom stereocenters. The van der Waals surface area contributed by atoms with Gasteiger partial charge in [0.1, 0.15) is 11.5 Å². The van der Waals surface area contributed by atoms with E-state index in [0.717, 1.165) is 36.5 Å². The van der Waals surface area contributed by atoms with E-state index in [9.17, 15) is 0 Å². The Labute approximate surface area is 96.5 Å². The van der Waals surface area contributed by atoms with Crippen LogP contribution in [0.4, 0.5) is 0 Å². The van der Waals surface area contributed by atoms with Crippen molar-refractivity contribution >= 4 is 0 Å². The van der Waals surface area contributed by atoms with E-state index in [1.165, 1.54) is 11.1 Å². The van der Waals surface area contributed by atoms with Crippen LogP contribution in [0.15, 0.2) is 6.07 Å². The predicted molar refractivity (Wildman–Crippen MR) is 64.3 cm³/mol. The van der Waals surface area contributed by atoms with Crippen LogP contribution in [0.25, 0.3) is 0 Å². The minimum absolute atomic E-state index is 0.139. The van der Waals surface area contributed by atoms with Gasteiger partial charge in [0, 0.05) is 23.6 Å². The quantitative estimate of drug-likeness (QED) is 0.847. The fourth-order valence-corrected chi connectivity index (χ4v) is 2.36. The number of fused-ring (bicyclic) bond motifs is 1. The highest BCUT2D eigenvalue weighted by Gasteiger charge is 2.22. The lowest BCUT2D eigenvalue weighted by Gasteiger charge is -2.16. The maximum atomic E-state index is 5.90. The number of hydrogen-bond acceptors (Lipinski definition) is 3. The van der Waals surface area contributed by atoms with Crippen molar-refractivity contribution in [3.05, 3.63) is 22.8 Å². The molecular weight excluding hydrogens is 202 g/mol. The molecule has 16 heavy (non-hydrogen) atoms. The van der Waals surface area contributed by atoms with Crippen LogP contribution >= 0.6 is 0 Å². The Morgan fingerprint density at radius 3 is 2.94 bits per heavy atom. The molecule has 0 bridgehead atoms. The van der Waals surface area contributed by atoms with Crippen molar-refractivity contribution in [2.75, 3.05) is 13.7 Å². The summed E-state index contributed by atoms with van der Waals surface area (Å²) in [6.45, 7) is 4.84. The molecule has 2 rings (SSSR count). The van der Waals surface area contributed by atoms with E-state index >= 15 is 0 Å². The molecule has 0 spiro atoms. The number of aryl methyl sites for hydroxylation is 1. The second kappa shape index (κ2) is 4.34. The molecule has 0 amide bonds. The van der Waals surface area contributed by atoms with E-state index < -0.39 is 0 Å². The number of benzene rings is 1. The molecule has 0 aliphatic carbocycles. The zero-order chi connectivity index (χ0) is 11.7. The van der Waals surface area contributed by atoms with Crippen molar-refractivity contribution in [2.45, 2.75) is 32.7 Å². The first-order valence-electron chi connectivity index (χ1n) is 5.71.